The molecule has 0 saturated heterocycles. The van der Waals surface area contributed by atoms with E-state index in [1.807, 2.05) is 6.07 Å². The Bertz CT molecular complexity index is 440. The van der Waals surface area contributed by atoms with Crippen LogP contribution in [0.1, 0.15) is 5.56 Å². The van der Waals surface area contributed by atoms with E-state index in [0.717, 1.165) is 15.3 Å². The van der Waals surface area contributed by atoms with Gasteiger partial charge in [0.1, 0.15) is 0 Å². The molecule has 0 spiro atoms. The van der Waals surface area contributed by atoms with E-state index in [-0.39, 0.29) is 0 Å². The van der Waals surface area contributed by atoms with Gasteiger partial charge in [-0.25, -0.2) is 0 Å². The highest BCUT2D eigenvalue weighted by molar-refractivity contribution is 9.10. The summed E-state index contributed by atoms with van der Waals surface area (Å²) >= 11 is 6.94. The molecule has 3 heteroatoms. The van der Waals surface area contributed by atoms with Gasteiger partial charge in [0.2, 0.25) is 0 Å². The molecule has 0 aliphatic rings. The van der Waals surface area contributed by atoms with Crippen LogP contribution in [0.3, 0.4) is 0 Å². The molecule has 1 aromatic carbocycles. The second-order valence-electron chi connectivity index (χ2n) is 2.79. The molecule has 0 amide bonds. The van der Waals surface area contributed by atoms with E-state index < -0.39 is 0 Å². The summed E-state index contributed by atoms with van der Waals surface area (Å²) < 4.78 is 1.06. The standard InChI is InChI=1S/C10H7Br2N/c11-6-7-4-8-2-1-3-13-10(8)9(12)5-7/h1-5H,6H2. The predicted molar refractivity (Wildman–Crippen MR) is 62.1 cm³/mol. The molecule has 0 bridgehead atoms. The summed E-state index contributed by atoms with van der Waals surface area (Å²) in [4.78, 5) is 4.29. The molecule has 1 nitrogen and oxygen atoms in total. The number of nitrogens with zero attached hydrogens (tertiary/aromatic N) is 1. The largest absolute Gasteiger partial charge is 0.255 e. The van der Waals surface area contributed by atoms with Crippen molar-refractivity contribution in [2.45, 2.75) is 5.33 Å². The lowest BCUT2D eigenvalue weighted by Gasteiger charge is -2.02. The number of benzene rings is 1. The smallest absolute Gasteiger partial charge is 0.0844 e. The van der Waals surface area contributed by atoms with Crippen molar-refractivity contribution in [1.82, 2.24) is 4.98 Å². The topological polar surface area (TPSA) is 12.9 Å². The third kappa shape index (κ3) is 1.76. The summed E-state index contributed by atoms with van der Waals surface area (Å²) in [6.07, 6.45) is 1.81. The Kier molecular flexibility index (Phi) is 2.65. The van der Waals surface area contributed by atoms with Gasteiger partial charge in [0.15, 0.2) is 0 Å². The SMILES string of the molecule is BrCc1cc(Br)c2ncccc2c1. The molecule has 1 aromatic heterocycles. The summed E-state index contributed by atoms with van der Waals surface area (Å²) in [5.41, 5.74) is 2.28. The van der Waals surface area contributed by atoms with Gasteiger partial charge in [-0.05, 0) is 39.7 Å². The van der Waals surface area contributed by atoms with Crippen molar-refractivity contribution in [3.8, 4) is 0 Å². The Morgan fingerprint density at radius 2 is 2.15 bits per heavy atom. The van der Waals surface area contributed by atoms with Crippen LogP contribution < -0.4 is 0 Å². The van der Waals surface area contributed by atoms with E-state index in [1.165, 1.54) is 10.9 Å². The molecule has 1 heterocycles. The van der Waals surface area contributed by atoms with E-state index in [4.69, 9.17) is 0 Å². The maximum atomic E-state index is 4.29. The molecule has 0 aliphatic carbocycles. The van der Waals surface area contributed by atoms with E-state index in [2.05, 4.69) is 55.0 Å². The number of pyridine rings is 1. The number of hydrogen-bond donors (Lipinski definition) is 0. The molecular weight excluding hydrogens is 294 g/mol. The number of hydrogen-bond acceptors (Lipinski definition) is 1. The van der Waals surface area contributed by atoms with Crippen molar-refractivity contribution in [2.75, 3.05) is 0 Å². The van der Waals surface area contributed by atoms with Crippen LogP contribution in [-0.2, 0) is 5.33 Å². The van der Waals surface area contributed by atoms with Crippen LogP contribution in [0.2, 0.25) is 0 Å². The van der Waals surface area contributed by atoms with Gasteiger partial charge >= 0.3 is 0 Å². The Morgan fingerprint density at radius 1 is 1.31 bits per heavy atom. The van der Waals surface area contributed by atoms with Crippen molar-refractivity contribution in [1.29, 1.82) is 0 Å². The van der Waals surface area contributed by atoms with Crippen molar-refractivity contribution in [3.63, 3.8) is 0 Å². The Hall–Kier alpha value is -0.410. The fraction of sp³-hybridized carbons (Fsp3) is 0.100. The lowest BCUT2D eigenvalue weighted by atomic mass is 10.1. The van der Waals surface area contributed by atoms with E-state index in [1.54, 1.807) is 6.20 Å². The van der Waals surface area contributed by atoms with Gasteiger partial charge in [0, 0.05) is 21.4 Å². The van der Waals surface area contributed by atoms with Gasteiger partial charge in [-0.3, -0.25) is 4.98 Å². The first kappa shape index (κ1) is 9.16. The average molecular weight is 301 g/mol. The first-order valence-corrected chi connectivity index (χ1v) is 5.82. The lowest BCUT2D eigenvalue weighted by Crippen LogP contribution is -1.83. The fourth-order valence-electron chi connectivity index (χ4n) is 1.28. The highest BCUT2D eigenvalue weighted by Crippen LogP contribution is 2.24. The zero-order chi connectivity index (χ0) is 9.26. The molecule has 0 atom stereocenters. The minimum atomic E-state index is 0.871. The Labute approximate surface area is 93.4 Å². The van der Waals surface area contributed by atoms with Crippen LogP contribution in [0.5, 0.6) is 0 Å². The molecule has 0 unspecified atom stereocenters. The molecule has 0 N–H and O–H groups in total. The van der Waals surface area contributed by atoms with Crippen LogP contribution in [0.25, 0.3) is 10.9 Å². The van der Waals surface area contributed by atoms with Crippen molar-refractivity contribution in [2.24, 2.45) is 0 Å². The quantitative estimate of drug-likeness (QED) is 0.728. The summed E-state index contributed by atoms with van der Waals surface area (Å²) in [6.45, 7) is 0. The van der Waals surface area contributed by atoms with Crippen LogP contribution in [0.4, 0.5) is 0 Å². The zero-order valence-corrected chi connectivity index (χ0v) is 9.97. The van der Waals surface area contributed by atoms with Gasteiger partial charge in [-0.2, -0.15) is 0 Å². The van der Waals surface area contributed by atoms with Gasteiger partial charge in [0.05, 0.1) is 5.52 Å². The number of alkyl halides is 1. The van der Waals surface area contributed by atoms with E-state index in [9.17, 15) is 0 Å². The maximum Gasteiger partial charge on any atom is 0.0844 e. The van der Waals surface area contributed by atoms with Crippen LogP contribution in [-0.4, -0.2) is 4.98 Å². The normalized spacial score (nSPS) is 10.6. The van der Waals surface area contributed by atoms with Crippen LogP contribution >= 0.6 is 31.9 Å². The van der Waals surface area contributed by atoms with Gasteiger partial charge < -0.3 is 0 Å². The van der Waals surface area contributed by atoms with Crippen molar-refractivity contribution in [3.05, 3.63) is 40.5 Å². The molecule has 0 aliphatic heterocycles. The molecular formula is C10H7Br2N. The first-order chi connectivity index (χ1) is 6.31. The Balaban J connectivity index is 2.77. The second kappa shape index (κ2) is 3.76. The number of halogens is 2. The minimum absolute atomic E-state index is 0.871. The van der Waals surface area contributed by atoms with Gasteiger partial charge in [-0.1, -0.05) is 22.0 Å². The molecule has 0 radical (unpaired) electrons. The predicted octanol–water partition coefficient (Wildman–Crippen LogP) is 3.89. The van der Waals surface area contributed by atoms with Gasteiger partial charge in [0.25, 0.3) is 0 Å². The second-order valence-corrected chi connectivity index (χ2v) is 4.20. The molecule has 0 saturated carbocycles. The third-order valence-electron chi connectivity index (χ3n) is 1.87. The number of fused-ring (bicyclic) bond motifs is 1. The number of aromatic nitrogens is 1. The van der Waals surface area contributed by atoms with Gasteiger partial charge in [-0.15, -0.1) is 0 Å². The maximum absolute atomic E-state index is 4.29. The van der Waals surface area contributed by atoms with E-state index >= 15 is 0 Å². The summed E-state index contributed by atoms with van der Waals surface area (Å²) in [5, 5.41) is 2.04. The highest BCUT2D eigenvalue weighted by Gasteiger charge is 2.01. The molecule has 0 fully saturated rings. The lowest BCUT2D eigenvalue weighted by molar-refractivity contribution is 1.37. The van der Waals surface area contributed by atoms with Crippen molar-refractivity contribution < 1.29 is 0 Å². The third-order valence-corrected chi connectivity index (χ3v) is 3.12. The number of rotatable bonds is 1. The molecule has 13 heavy (non-hydrogen) atoms. The monoisotopic (exact) mass is 299 g/mol. The highest BCUT2D eigenvalue weighted by atomic mass is 79.9. The molecule has 66 valence electrons. The van der Waals surface area contributed by atoms with Crippen molar-refractivity contribution >= 4 is 42.8 Å². The molecule has 2 aromatic rings. The first-order valence-electron chi connectivity index (χ1n) is 3.90. The minimum Gasteiger partial charge on any atom is -0.255 e. The summed E-state index contributed by atoms with van der Waals surface area (Å²) in [7, 11) is 0. The summed E-state index contributed by atoms with van der Waals surface area (Å²) in [6, 6.07) is 8.25. The fourth-order valence-corrected chi connectivity index (χ4v) is 2.23. The average Bonchev–Trinajstić information content (AvgIpc) is 2.18. The van der Waals surface area contributed by atoms with Crippen LogP contribution in [0.15, 0.2) is 34.9 Å². The molecule has 2 rings (SSSR count). The van der Waals surface area contributed by atoms with Crippen LogP contribution in [0, 0.1) is 0 Å². The van der Waals surface area contributed by atoms with E-state index in [0.29, 0.717) is 0 Å². The summed E-state index contributed by atoms with van der Waals surface area (Å²) in [5.74, 6) is 0. The zero-order valence-electron chi connectivity index (χ0n) is 6.80. The Morgan fingerprint density at radius 3 is 2.92 bits per heavy atom.